The molecule has 0 aromatic heterocycles. The second-order valence-corrected chi connectivity index (χ2v) is 6.96. The van der Waals surface area contributed by atoms with Crippen LogP contribution in [0.4, 0.5) is 19.3 Å². The summed E-state index contributed by atoms with van der Waals surface area (Å²) >= 11 is 0. The van der Waals surface area contributed by atoms with Gasteiger partial charge in [-0.2, -0.15) is 8.78 Å². The van der Waals surface area contributed by atoms with Crippen molar-refractivity contribution in [1.29, 1.82) is 0 Å². The van der Waals surface area contributed by atoms with Gasteiger partial charge < -0.3 is 24.8 Å². The van der Waals surface area contributed by atoms with E-state index in [1.54, 1.807) is 12.1 Å². The highest BCUT2D eigenvalue weighted by atomic mass is 19.3. The van der Waals surface area contributed by atoms with E-state index in [1.165, 1.54) is 51.5 Å². The molecule has 1 fully saturated rings. The minimum atomic E-state index is -2.98. The van der Waals surface area contributed by atoms with Crippen molar-refractivity contribution in [3.63, 3.8) is 0 Å². The van der Waals surface area contributed by atoms with Gasteiger partial charge >= 0.3 is 12.6 Å². The number of carbonyl (C=O) groups excluding carboxylic acids is 3. The number of urea groups is 1. The second-order valence-electron chi connectivity index (χ2n) is 6.96. The highest BCUT2D eigenvalue weighted by Gasteiger charge is 2.49. The third kappa shape index (κ3) is 4.56. The van der Waals surface area contributed by atoms with E-state index in [-0.39, 0.29) is 5.75 Å². The van der Waals surface area contributed by atoms with Crippen LogP contribution in [-0.4, -0.2) is 50.1 Å². The van der Waals surface area contributed by atoms with Crippen LogP contribution in [0.25, 0.3) is 0 Å². The van der Waals surface area contributed by atoms with Crippen molar-refractivity contribution in [3.8, 4) is 17.2 Å². The molecule has 0 saturated carbocycles. The summed E-state index contributed by atoms with van der Waals surface area (Å²) in [7, 11) is 2.89. The molecule has 2 aromatic carbocycles. The number of nitrogens with one attached hydrogen (secondary N) is 2. The van der Waals surface area contributed by atoms with Gasteiger partial charge in [0, 0.05) is 6.07 Å². The number of imide groups is 1. The molecule has 32 heavy (non-hydrogen) atoms. The Morgan fingerprint density at radius 1 is 1.09 bits per heavy atom. The summed E-state index contributed by atoms with van der Waals surface area (Å²) < 4.78 is 39.3. The highest BCUT2D eigenvalue weighted by molar-refractivity contribution is 6.10. The number of nitrogens with zero attached hydrogens (tertiary/aromatic N) is 1. The first-order valence-electron chi connectivity index (χ1n) is 9.39. The van der Waals surface area contributed by atoms with E-state index in [4.69, 9.17) is 9.47 Å². The Morgan fingerprint density at radius 3 is 2.34 bits per heavy atom. The Morgan fingerprint density at radius 2 is 1.75 bits per heavy atom. The predicted molar refractivity (Wildman–Crippen MR) is 109 cm³/mol. The molecule has 1 aliphatic rings. The molecule has 9 nitrogen and oxygen atoms in total. The maximum Gasteiger partial charge on any atom is 0.387 e. The number of rotatable bonds is 8. The molecule has 2 aromatic rings. The van der Waals surface area contributed by atoms with Crippen LogP contribution in [0.5, 0.6) is 17.2 Å². The Kier molecular flexibility index (Phi) is 6.47. The largest absolute Gasteiger partial charge is 0.497 e. The van der Waals surface area contributed by atoms with Crippen molar-refractivity contribution in [2.45, 2.75) is 19.1 Å². The smallest absolute Gasteiger partial charge is 0.387 e. The van der Waals surface area contributed by atoms with E-state index < -0.39 is 36.5 Å². The van der Waals surface area contributed by atoms with Crippen LogP contribution in [0.3, 0.4) is 0 Å². The van der Waals surface area contributed by atoms with Crippen LogP contribution in [0.2, 0.25) is 0 Å². The molecule has 0 aliphatic carbocycles. The third-order valence-electron chi connectivity index (χ3n) is 4.91. The zero-order chi connectivity index (χ0) is 23.5. The fourth-order valence-electron chi connectivity index (χ4n) is 3.25. The maximum atomic E-state index is 13.0. The lowest BCUT2D eigenvalue weighted by Gasteiger charge is -2.22. The Hall–Kier alpha value is -3.89. The molecule has 1 heterocycles. The Balaban J connectivity index is 1.74. The van der Waals surface area contributed by atoms with Crippen LogP contribution in [-0.2, 0) is 15.1 Å². The second kappa shape index (κ2) is 9.08. The Bertz CT molecular complexity index is 1030. The van der Waals surface area contributed by atoms with Crippen LogP contribution < -0.4 is 24.8 Å². The average molecular weight is 449 g/mol. The number of alkyl halides is 2. The SMILES string of the molecule is COc1ccc(OC)c(NC(=O)CN2C(=O)N[C@@](C)(c3ccc(OC(F)F)cc3)C2=O)c1. The van der Waals surface area contributed by atoms with Crippen molar-refractivity contribution >= 4 is 23.5 Å². The predicted octanol–water partition coefficient (Wildman–Crippen LogP) is 2.71. The van der Waals surface area contributed by atoms with E-state index in [2.05, 4.69) is 15.4 Å². The zero-order valence-corrected chi connectivity index (χ0v) is 17.5. The monoisotopic (exact) mass is 449 g/mol. The average Bonchev–Trinajstić information content (AvgIpc) is 2.97. The normalized spacial score (nSPS) is 17.9. The molecule has 0 spiro atoms. The van der Waals surface area contributed by atoms with Gasteiger partial charge in [-0.15, -0.1) is 0 Å². The van der Waals surface area contributed by atoms with Gasteiger partial charge in [0.15, 0.2) is 0 Å². The van der Waals surface area contributed by atoms with Crippen molar-refractivity contribution in [2.24, 2.45) is 0 Å². The standard InChI is InChI=1S/C21H21F2N3O6/c1-21(12-4-6-13(7-5-12)32-19(22)23)18(28)26(20(29)25-21)11-17(27)24-15-10-14(30-2)8-9-16(15)31-3/h4-10,19H,11H2,1-3H3,(H,24,27)(H,25,29)/t21-/m0/s1. The third-order valence-corrected chi connectivity index (χ3v) is 4.91. The molecule has 170 valence electrons. The van der Waals surface area contributed by atoms with Gasteiger partial charge in [0.05, 0.1) is 19.9 Å². The minimum Gasteiger partial charge on any atom is -0.497 e. The number of hydrogen-bond donors (Lipinski definition) is 2. The van der Waals surface area contributed by atoms with E-state index in [9.17, 15) is 23.2 Å². The zero-order valence-electron chi connectivity index (χ0n) is 17.5. The lowest BCUT2D eigenvalue weighted by atomic mass is 9.92. The van der Waals surface area contributed by atoms with Crippen molar-refractivity contribution in [2.75, 3.05) is 26.1 Å². The van der Waals surface area contributed by atoms with Gasteiger partial charge in [-0.05, 0) is 36.8 Å². The summed E-state index contributed by atoms with van der Waals surface area (Å²) in [6, 6.07) is 9.32. The fraction of sp³-hybridized carbons (Fsp3) is 0.286. The number of carbonyl (C=O) groups is 3. The van der Waals surface area contributed by atoms with E-state index >= 15 is 0 Å². The molecule has 0 unspecified atom stereocenters. The lowest BCUT2D eigenvalue weighted by Crippen LogP contribution is -2.42. The molecule has 1 saturated heterocycles. The Labute approximate surface area is 182 Å². The summed E-state index contributed by atoms with van der Waals surface area (Å²) in [5.74, 6) is -0.550. The van der Waals surface area contributed by atoms with Gasteiger partial charge in [0.1, 0.15) is 29.3 Å². The van der Waals surface area contributed by atoms with Crippen LogP contribution in [0.15, 0.2) is 42.5 Å². The van der Waals surface area contributed by atoms with Gasteiger partial charge in [-0.1, -0.05) is 12.1 Å². The molecule has 1 aliphatic heterocycles. The maximum absolute atomic E-state index is 13.0. The van der Waals surface area contributed by atoms with Gasteiger partial charge in [-0.3, -0.25) is 14.5 Å². The number of benzene rings is 2. The molecule has 2 N–H and O–H groups in total. The first-order chi connectivity index (χ1) is 15.2. The first kappa shape index (κ1) is 22.8. The van der Waals surface area contributed by atoms with Crippen molar-refractivity contribution in [3.05, 3.63) is 48.0 Å². The van der Waals surface area contributed by atoms with E-state index in [0.717, 1.165) is 4.90 Å². The lowest BCUT2D eigenvalue weighted by molar-refractivity contribution is -0.133. The number of amides is 4. The molecule has 1 atom stereocenters. The number of halogens is 2. The quantitative estimate of drug-likeness (QED) is 0.601. The van der Waals surface area contributed by atoms with Gasteiger partial charge in [0.25, 0.3) is 5.91 Å². The molecular weight excluding hydrogens is 428 g/mol. The number of anilines is 1. The van der Waals surface area contributed by atoms with Gasteiger partial charge in [-0.25, -0.2) is 4.79 Å². The number of methoxy groups -OCH3 is 2. The van der Waals surface area contributed by atoms with E-state index in [0.29, 0.717) is 22.7 Å². The van der Waals surface area contributed by atoms with Gasteiger partial charge in [0.2, 0.25) is 5.91 Å². The first-order valence-corrected chi connectivity index (χ1v) is 9.39. The summed E-state index contributed by atoms with van der Waals surface area (Å²) in [6.45, 7) is -2.08. The van der Waals surface area contributed by atoms with Crippen molar-refractivity contribution < 1.29 is 37.4 Å². The molecule has 3 rings (SSSR count). The number of hydrogen-bond acceptors (Lipinski definition) is 6. The summed E-state index contributed by atoms with van der Waals surface area (Å²) in [4.78, 5) is 38.7. The summed E-state index contributed by atoms with van der Waals surface area (Å²) in [6.07, 6.45) is 0. The van der Waals surface area contributed by atoms with Crippen molar-refractivity contribution in [1.82, 2.24) is 10.2 Å². The molecule has 11 heteroatoms. The highest BCUT2D eigenvalue weighted by Crippen LogP contribution is 2.31. The molecule has 0 radical (unpaired) electrons. The van der Waals surface area contributed by atoms with Crippen LogP contribution >= 0.6 is 0 Å². The van der Waals surface area contributed by atoms with E-state index in [1.807, 2.05) is 0 Å². The number of ether oxygens (including phenoxy) is 3. The molecule has 0 bridgehead atoms. The van der Waals surface area contributed by atoms with Crippen LogP contribution in [0.1, 0.15) is 12.5 Å². The fourth-order valence-corrected chi connectivity index (χ4v) is 3.25. The molecule has 4 amide bonds. The summed E-state index contributed by atoms with van der Waals surface area (Å²) in [5.41, 5.74) is -0.829. The summed E-state index contributed by atoms with van der Waals surface area (Å²) in [5, 5.41) is 5.13. The molecular formula is C21H21F2N3O6. The topological polar surface area (TPSA) is 106 Å². The van der Waals surface area contributed by atoms with Crippen LogP contribution in [0, 0.1) is 0 Å². The minimum absolute atomic E-state index is 0.0902.